The van der Waals surface area contributed by atoms with Gasteiger partial charge in [0.1, 0.15) is 16.4 Å². The summed E-state index contributed by atoms with van der Waals surface area (Å²) >= 11 is 7.42. The van der Waals surface area contributed by atoms with E-state index in [2.05, 4.69) is 19.7 Å². The number of nitrogens with one attached hydrogen (secondary N) is 1. The zero-order valence-corrected chi connectivity index (χ0v) is 23.0. The Morgan fingerprint density at radius 3 is 2.46 bits per heavy atom. The van der Waals surface area contributed by atoms with Gasteiger partial charge in [0.15, 0.2) is 5.82 Å². The van der Waals surface area contributed by atoms with E-state index in [0.717, 1.165) is 39.5 Å². The zero-order valence-electron chi connectivity index (χ0n) is 21.4. The highest BCUT2D eigenvalue weighted by Crippen LogP contribution is 2.34. The molecule has 2 aromatic heterocycles. The van der Waals surface area contributed by atoms with Gasteiger partial charge in [-0.05, 0) is 54.6 Å². The van der Waals surface area contributed by atoms with Crippen LogP contribution in [0.4, 0.5) is 0 Å². The number of methoxy groups -OCH3 is 2. The number of rotatable bonds is 9. The van der Waals surface area contributed by atoms with E-state index in [0.29, 0.717) is 34.5 Å². The first-order valence-electron chi connectivity index (χ1n) is 12.0. The predicted molar refractivity (Wildman–Crippen MR) is 154 cm³/mol. The van der Waals surface area contributed by atoms with Crippen molar-refractivity contribution >= 4 is 46.3 Å². The molecule has 10 heteroatoms. The molecule has 198 valence electrons. The van der Waals surface area contributed by atoms with Gasteiger partial charge in [0, 0.05) is 45.4 Å². The highest BCUT2D eigenvalue weighted by molar-refractivity contribution is 8.04. The number of aliphatic carboxylic acids is 1. The predicted octanol–water partition coefficient (Wildman–Crippen LogP) is 6.67. The van der Waals surface area contributed by atoms with Crippen LogP contribution in [0.15, 0.2) is 76.8 Å². The second-order valence-electron chi connectivity index (χ2n) is 8.68. The number of hydrogen-bond acceptors (Lipinski definition) is 6. The number of hydrogen-bond donors (Lipinski definition) is 2. The summed E-state index contributed by atoms with van der Waals surface area (Å²) in [7, 11) is 3.13. The Morgan fingerprint density at radius 1 is 1.08 bits per heavy atom. The zero-order chi connectivity index (χ0) is 27.5. The molecule has 0 fully saturated rings. The third kappa shape index (κ3) is 5.50. The maximum Gasteiger partial charge on any atom is 0.342 e. The van der Waals surface area contributed by atoms with Crippen molar-refractivity contribution in [1.82, 2.24) is 19.7 Å². The summed E-state index contributed by atoms with van der Waals surface area (Å²) in [5, 5.41) is 19.1. The quantitative estimate of drug-likeness (QED) is 0.153. The molecule has 2 N–H and O–H groups in total. The smallest absolute Gasteiger partial charge is 0.342 e. The lowest BCUT2D eigenvalue weighted by Crippen LogP contribution is -2.03. The number of H-pyrrole nitrogens is 1. The van der Waals surface area contributed by atoms with Crippen LogP contribution in [0.3, 0.4) is 0 Å². The number of ether oxygens (including phenoxy) is 2. The lowest BCUT2D eigenvalue weighted by molar-refractivity contribution is -0.131. The van der Waals surface area contributed by atoms with Crippen molar-refractivity contribution in [2.24, 2.45) is 0 Å². The summed E-state index contributed by atoms with van der Waals surface area (Å²) in [5.74, 6) is 0.596. The van der Waals surface area contributed by atoms with Gasteiger partial charge in [-0.3, -0.25) is 5.10 Å². The fraction of sp³-hybridized carbons (Fsp3) is 0.138. The van der Waals surface area contributed by atoms with Gasteiger partial charge in [0.25, 0.3) is 0 Å². The van der Waals surface area contributed by atoms with Crippen LogP contribution < -0.4 is 9.47 Å². The second-order valence-corrected chi connectivity index (χ2v) is 10.1. The highest BCUT2D eigenvalue weighted by atomic mass is 35.5. The van der Waals surface area contributed by atoms with Gasteiger partial charge >= 0.3 is 5.97 Å². The molecule has 5 rings (SSSR count). The lowest BCUT2D eigenvalue weighted by atomic mass is 10.1. The number of para-hydroxylation sites is 1. The first-order valence-corrected chi connectivity index (χ1v) is 13.2. The van der Waals surface area contributed by atoms with Crippen LogP contribution in [0, 0.1) is 6.92 Å². The van der Waals surface area contributed by atoms with E-state index in [-0.39, 0.29) is 10.1 Å². The first kappa shape index (κ1) is 26.4. The van der Waals surface area contributed by atoms with Gasteiger partial charge in [0.2, 0.25) is 5.16 Å². The number of aromatic nitrogens is 4. The SMILES string of the molecule is COc1cc(OC)cc(-c2nc(S/C(=C\c3c(C)n(Cc4ccccc4Cl)c4ccccc34)C(=O)O)n[nH]2)c1. The Kier molecular flexibility index (Phi) is 7.63. The van der Waals surface area contributed by atoms with Crippen LogP contribution in [-0.4, -0.2) is 45.0 Å². The van der Waals surface area contributed by atoms with Gasteiger partial charge < -0.3 is 19.1 Å². The van der Waals surface area contributed by atoms with Gasteiger partial charge in [-0.2, -0.15) is 0 Å². The maximum atomic E-state index is 12.3. The van der Waals surface area contributed by atoms with E-state index >= 15 is 0 Å². The summed E-state index contributed by atoms with van der Waals surface area (Å²) in [6, 6.07) is 21.0. The summed E-state index contributed by atoms with van der Waals surface area (Å²) < 4.78 is 12.8. The van der Waals surface area contributed by atoms with E-state index in [1.54, 1.807) is 38.5 Å². The third-order valence-electron chi connectivity index (χ3n) is 6.34. The van der Waals surface area contributed by atoms with Gasteiger partial charge in [-0.15, -0.1) is 5.10 Å². The van der Waals surface area contributed by atoms with Crippen LogP contribution in [0.1, 0.15) is 16.8 Å². The molecule has 8 nitrogen and oxygen atoms in total. The Hall–Kier alpha value is -4.21. The topological polar surface area (TPSA) is 102 Å². The van der Waals surface area contributed by atoms with Crippen molar-refractivity contribution in [3.05, 3.63) is 93.5 Å². The molecule has 39 heavy (non-hydrogen) atoms. The van der Waals surface area contributed by atoms with Crippen molar-refractivity contribution in [2.45, 2.75) is 18.6 Å². The summed E-state index contributed by atoms with van der Waals surface area (Å²) in [5.41, 5.74) is 4.41. The molecule has 0 radical (unpaired) electrons. The van der Waals surface area contributed by atoms with Gasteiger partial charge in [-0.25, -0.2) is 9.78 Å². The molecule has 0 saturated carbocycles. The van der Waals surface area contributed by atoms with Crippen molar-refractivity contribution in [2.75, 3.05) is 14.2 Å². The molecule has 0 atom stereocenters. The van der Waals surface area contributed by atoms with E-state index < -0.39 is 5.97 Å². The molecule has 0 bridgehead atoms. The number of carboxylic acid groups (broad SMARTS) is 1. The van der Waals surface area contributed by atoms with E-state index in [9.17, 15) is 9.90 Å². The summed E-state index contributed by atoms with van der Waals surface area (Å²) in [4.78, 5) is 16.9. The second kappa shape index (κ2) is 11.3. The standard InChI is InChI=1S/C29H25ClN4O4S/c1-17-23(22-9-5-7-11-25(22)34(17)16-18-8-4-6-10-24(18)30)15-26(28(35)36)39-29-31-27(32-33-29)19-12-20(37-2)14-21(13-19)38-3/h4-15H,16H2,1-3H3,(H,35,36)(H,31,32,33)/b26-15-. The molecule has 0 unspecified atom stereocenters. The molecule has 0 saturated heterocycles. The first-order chi connectivity index (χ1) is 18.9. The fourth-order valence-electron chi connectivity index (χ4n) is 4.37. The number of aromatic amines is 1. The van der Waals surface area contributed by atoms with Crippen LogP contribution in [-0.2, 0) is 11.3 Å². The number of thioether (sulfide) groups is 1. The molecule has 3 aromatic carbocycles. The van der Waals surface area contributed by atoms with Crippen molar-refractivity contribution in [3.63, 3.8) is 0 Å². The van der Waals surface area contributed by atoms with Crippen molar-refractivity contribution in [3.8, 4) is 22.9 Å². The molecule has 5 aromatic rings. The lowest BCUT2D eigenvalue weighted by Gasteiger charge is -2.10. The van der Waals surface area contributed by atoms with Crippen LogP contribution in [0.5, 0.6) is 11.5 Å². The van der Waals surface area contributed by atoms with Crippen molar-refractivity contribution in [1.29, 1.82) is 0 Å². The molecule has 0 aliphatic heterocycles. The number of benzene rings is 3. The van der Waals surface area contributed by atoms with E-state index in [4.69, 9.17) is 21.1 Å². The number of carboxylic acids is 1. The number of fused-ring (bicyclic) bond motifs is 1. The monoisotopic (exact) mass is 560 g/mol. The average Bonchev–Trinajstić information content (AvgIpc) is 3.52. The van der Waals surface area contributed by atoms with E-state index in [1.165, 1.54) is 0 Å². The number of carbonyl (C=O) groups is 1. The summed E-state index contributed by atoms with van der Waals surface area (Å²) in [6.07, 6.45) is 1.68. The normalized spacial score (nSPS) is 11.6. The molecule has 0 aliphatic carbocycles. The largest absolute Gasteiger partial charge is 0.497 e. The number of halogens is 1. The minimum absolute atomic E-state index is 0.0903. The van der Waals surface area contributed by atoms with Crippen LogP contribution in [0.2, 0.25) is 5.02 Å². The molecular formula is C29H25ClN4O4S. The van der Waals surface area contributed by atoms with Gasteiger partial charge in [0.05, 0.1) is 14.2 Å². The van der Waals surface area contributed by atoms with Gasteiger partial charge in [-0.1, -0.05) is 48.0 Å². The van der Waals surface area contributed by atoms with Crippen LogP contribution >= 0.6 is 23.4 Å². The average molecular weight is 561 g/mol. The minimum Gasteiger partial charge on any atom is -0.497 e. The maximum absolute atomic E-state index is 12.3. The molecule has 0 amide bonds. The highest BCUT2D eigenvalue weighted by Gasteiger charge is 2.19. The van der Waals surface area contributed by atoms with Crippen LogP contribution in [0.25, 0.3) is 28.4 Å². The molecule has 0 aliphatic rings. The van der Waals surface area contributed by atoms with Crippen molar-refractivity contribution < 1.29 is 19.4 Å². The molecule has 2 heterocycles. The fourth-order valence-corrected chi connectivity index (χ4v) is 5.25. The minimum atomic E-state index is -1.07. The van der Waals surface area contributed by atoms with E-state index in [1.807, 2.05) is 55.5 Å². The molecular weight excluding hydrogens is 536 g/mol. The number of nitrogens with zero attached hydrogens (tertiary/aromatic N) is 3. The Bertz CT molecular complexity index is 1690. The Balaban J connectivity index is 1.51. The summed E-state index contributed by atoms with van der Waals surface area (Å²) in [6.45, 7) is 2.54. The Morgan fingerprint density at radius 2 is 1.77 bits per heavy atom. The molecule has 0 spiro atoms. The Labute approximate surface area is 234 Å². The third-order valence-corrected chi connectivity index (χ3v) is 7.59.